The zero-order valence-electron chi connectivity index (χ0n) is 10.8. The van der Waals surface area contributed by atoms with Crippen molar-refractivity contribution in [3.63, 3.8) is 0 Å². The van der Waals surface area contributed by atoms with Crippen LogP contribution in [0.5, 0.6) is 11.5 Å². The predicted molar refractivity (Wildman–Crippen MR) is 64.1 cm³/mol. The van der Waals surface area contributed by atoms with E-state index in [1.807, 2.05) is 13.8 Å². The van der Waals surface area contributed by atoms with Crippen LogP contribution in [0.15, 0.2) is 6.07 Å². The summed E-state index contributed by atoms with van der Waals surface area (Å²) in [5.41, 5.74) is 5.59. The van der Waals surface area contributed by atoms with E-state index in [0.717, 1.165) is 0 Å². The molecule has 5 heteroatoms. The van der Waals surface area contributed by atoms with E-state index in [2.05, 4.69) is 0 Å². The van der Waals surface area contributed by atoms with Crippen molar-refractivity contribution >= 4 is 5.91 Å². The fraction of sp³-hybridized carbons (Fsp3) is 0.417. The number of methoxy groups -OCH3 is 2. The molecule has 17 heavy (non-hydrogen) atoms. The minimum atomic E-state index is -0.739. The number of ether oxygens (including phenoxy) is 2. The molecule has 4 nitrogen and oxygen atoms in total. The Kier molecular flexibility index (Phi) is 6.02. The summed E-state index contributed by atoms with van der Waals surface area (Å²) >= 11 is 0. The van der Waals surface area contributed by atoms with Gasteiger partial charge in [-0.1, -0.05) is 13.8 Å². The molecule has 1 amide bonds. The molecule has 0 bridgehead atoms. The Morgan fingerprint density at radius 1 is 1.24 bits per heavy atom. The molecule has 0 heterocycles. The molecule has 0 aliphatic carbocycles. The molecule has 0 saturated heterocycles. The Morgan fingerprint density at radius 3 is 2.06 bits per heavy atom. The minimum absolute atomic E-state index is 0.00769. The number of rotatable bonds is 3. The molecule has 1 aromatic carbocycles. The van der Waals surface area contributed by atoms with E-state index in [4.69, 9.17) is 15.2 Å². The summed E-state index contributed by atoms with van der Waals surface area (Å²) < 4.78 is 23.3. The molecule has 0 saturated carbocycles. The van der Waals surface area contributed by atoms with E-state index in [1.54, 1.807) is 6.92 Å². The van der Waals surface area contributed by atoms with Crippen LogP contribution in [-0.4, -0.2) is 20.1 Å². The molecule has 0 spiro atoms. The molecule has 2 N–H and O–H groups in total. The van der Waals surface area contributed by atoms with Crippen LogP contribution in [0.25, 0.3) is 0 Å². The lowest BCUT2D eigenvalue weighted by Gasteiger charge is -2.12. The van der Waals surface area contributed by atoms with E-state index in [0.29, 0.717) is 5.56 Å². The Morgan fingerprint density at radius 2 is 1.71 bits per heavy atom. The number of carbonyl (C=O) groups excluding carboxylic acids is 1. The van der Waals surface area contributed by atoms with Gasteiger partial charge in [0.2, 0.25) is 5.82 Å². The maximum absolute atomic E-state index is 13.7. The summed E-state index contributed by atoms with van der Waals surface area (Å²) in [7, 11) is 2.61. The maximum Gasteiger partial charge on any atom is 0.252 e. The highest BCUT2D eigenvalue weighted by molar-refractivity contribution is 5.96. The zero-order valence-corrected chi connectivity index (χ0v) is 10.8. The van der Waals surface area contributed by atoms with Crippen LogP contribution in [0.1, 0.15) is 29.8 Å². The fourth-order valence-corrected chi connectivity index (χ4v) is 1.38. The third-order valence-corrected chi connectivity index (χ3v) is 2.04. The smallest absolute Gasteiger partial charge is 0.252 e. The normalized spacial score (nSPS) is 9.06. The molecule has 0 aliphatic heterocycles. The molecule has 1 rings (SSSR count). The Balaban J connectivity index is 0.00000121. The molecule has 0 fully saturated rings. The molecule has 0 aliphatic rings. The number of halogens is 1. The van der Waals surface area contributed by atoms with Gasteiger partial charge in [0.05, 0.1) is 19.8 Å². The molecular formula is C12H18FNO3. The van der Waals surface area contributed by atoms with E-state index < -0.39 is 11.7 Å². The molecule has 96 valence electrons. The number of nitrogens with two attached hydrogens (primary N) is 1. The molecular weight excluding hydrogens is 225 g/mol. The van der Waals surface area contributed by atoms with Crippen LogP contribution >= 0.6 is 0 Å². The average Bonchev–Trinajstić information content (AvgIpc) is 2.31. The molecule has 1 aromatic rings. The quantitative estimate of drug-likeness (QED) is 0.885. The van der Waals surface area contributed by atoms with Crippen LogP contribution in [0, 0.1) is 12.7 Å². The predicted octanol–water partition coefficient (Wildman–Crippen LogP) is 2.28. The van der Waals surface area contributed by atoms with Crippen molar-refractivity contribution in [2.75, 3.05) is 14.2 Å². The average molecular weight is 243 g/mol. The van der Waals surface area contributed by atoms with Gasteiger partial charge in [-0.2, -0.15) is 4.39 Å². The van der Waals surface area contributed by atoms with Crippen LogP contribution < -0.4 is 15.2 Å². The second-order valence-electron chi connectivity index (χ2n) is 2.99. The van der Waals surface area contributed by atoms with Crippen LogP contribution in [0.2, 0.25) is 0 Å². The van der Waals surface area contributed by atoms with Gasteiger partial charge in [0.25, 0.3) is 5.91 Å². The number of aryl methyl sites for hydroxylation is 1. The summed E-state index contributed by atoms with van der Waals surface area (Å²) in [5, 5.41) is 0. The second kappa shape index (κ2) is 6.73. The van der Waals surface area contributed by atoms with Gasteiger partial charge >= 0.3 is 0 Å². The Labute approximate surface area is 101 Å². The number of primary amides is 1. The van der Waals surface area contributed by atoms with Gasteiger partial charge in [-0.15, -0.1) is 0 Å². The maximum atomic E-state index is 13.7. The fourth-order valence-electron chi connectivity index (χ4n) is 1.38. The SMILES string of the molecule is CC.COc1c(C)cc(C(N)=O)c(OC)c1F. The van der Waals surface area contributed by atoms with Crippen molar-refractivity contribution in [3.05, 3.63) is 23.0 Å². The molecule has 0 unspecified atom stereocenters. The van der Waals surface area contributed by atoms with E-state index in [1.165, 1.54) is 20.3 Å². The lowest BCUT2D eigenvalue weighted by molar-refractivity contribution is 0.0996. The van der Waals surface area contributed by atoms with Gasteiger partial charge in [0, 0.05) is 0 Å². The van der Waals surface area contributed by atoms with Crippen molar-refractivity contribution in [1.82, 2.24) is 0 Å². The third kappa shape index (κ3) is 3.09. The zero-order chi connectivity index (χ0) is 13.6. The van der Waals surface area contributed by atoms with E-state index in [-0.39, 0.29) is 17.1 Å². The van der Waals surface area contributed by atoms with E-state index in [9.17, 15) is 9.18 Å². The van der Waals surface area contributed by atoms with Gasteiger partial charge < -0.3 is 15.2 Å². The lowest BCUT2D eigenvalue weighted by Crippen LogP contribution is -2.14. The lowest BCUT2D eigenvalue weighted by atomic mass is 10.1. The van der Waals surface area contributed by atoms with E-state index >= 15 is 0 Å². The minimum Gasteiger partial charge on any atom is -0.493 e. The molecule has 0 atom stereocenters. The second-order valence-corrected chi connectivity index (χ2v) is 2.99. The number of amides is 1. The number of hydrogen-bond donors (Lipinski definition) is 1. The van der Waals surface area contributed by atoms with Crippen molar-refractivity contribution in [3.8, 4) is 11.5 Å². The Bertz CT molecular complexity index is 405. The van der Waals surface area contributed by atoms with Gasteiger partial charge in [0.15, 0.2) is 11.5 Å². The first kappa shape index (κ1) is 15.2. The number of hydrogen-bond acceptors (Lipinski definition) is 3. The standard InChI is InChI=1S/C10H12FNO3.C2H6/c1-5-4-6(10(12)13)9(15-3)7(11)8(5)14-2;1-2/h4H,1-3H3,(H2,12,13);1-2H3. The van der Waals surface area contributed by atoms with Gasteiger partial charge in [-0.3, -0.25) is 4.79 Å². The topological polar surface area (TPSA) is 61.5 Å². The summed E-state index contributed by atoms with van der Waals surface area (Å²) in [5.74, 6) is -1.59. The summed E-state index contributed by atoms with van der Waals surface area (Å²) in [4.78, 5) is 11.0. The van der Waals surface area contributed by atoms with Gasteiger partial charge in [-0.25, -0.2) is 0 Å². The highest BCUT2D eigenvalue weighted by atomic mass is 19.1. The molecule has 0 radical (unpaired) electrons. The van der Waals surface area contributed by atoms with Gasteiger partial charge in [0.1, 0.15) is 0 Å². The Hall–Kier alpha value is -1.78. The molecule has 0 aromatic heterocycles. The first-order chi connectivity index (χ1) is 8.02. The van der Waals surface area contributed by atoms with Crippen molar-refractivity contribution in [2.24, 2.45) is 5.73 Å². The summed E-state index contributed by atoms with van der Waals surface area (Å²) in [6.07, 6.45) is 0. The highest BCUT2D eigenvalue weighted by Crippen LogP contribution is 2.33. The van der Waals surface area contributed by atoms with Crippen molar-refractivity contribution < 1.29 is 18.7 Å². The van der Waals surface area contributed by atoms with Crippen LogP contribution in [0.3, 0.4) is 0 Å². The third-order valence-electron chi connectivity index (χ3n) is 2.04. The van der Waals surface area contributed by atoms with Crippen molar-refractivity contribution in [2.45, 2.75) is 20.8 Å². The highest BCUT2D eigenvalue weighted by Gasteiger charge is 2.20. The van der Waals surface area contributed by atoms with Crippen LogP contribution in [-0.2, 0) is 0 Å². The first-order valence-electron chi connectivity index (χ1n) is 5.23. The van der Waals surface area contributed by atoms with Crippen LogP contribution in [0.4, 0.5) is 4.39 Å². The van der Waals surface area contributed by atoms with Gasteiger partial charge in [-0.05, 0) is 18.6 Å². The largest absolute Gasteiger partial charge is 0.493 e. The monoisotopic (exact) mass is 243 g/mol. The number of carbonyl (C=O) groups is 1. The number of benzene rings is 1. The first-order valence-corrected chi connectivity index (χ1v) is 5.23. The summed E-state index contributed by atoms with van der Waals surface area (Å²) in [6.45, 7) is 5.62. The van der Waals surface area contributed by atoms with Crippen molar-refractivity contribution in [1.29, 1.82) is 0 Å². The summed E-state index contributed by atoms with van der Waals surface area (Å²) in [6, 6.07) is 1.43.